The van der Waals surface area contributed by atoms with Crippen molar-refractivity contribution in [2.75, 3.05) is 0 Å². The molecule has 0 aromatic rings. The van der Waals surface area contributed by atoms with Crippen molar-refractivity contribution in [3.05, 3.63) is 60.3 Å². The van der Waals surface area contributed by atoms with E-state index >= 15 is 0 Å². The van der Waals surface area contributed by atoms with Gasteiger partial charge in [0.25, 0.3) is 0 Å². The third-order valence-electron chi connectivity index (χ3n) is 2.22. The molecule has 0 radical (unpaired) electrons. The topological polar surface area (TPSA) is 0 Å². The molecule has 0 spiro atoms. The van der Waals surface area contributed by atoms with Crippen molar-refractivity contribution in [2.24, 2.45) is 0 Å². The van der Waals surface area contributed by atoms with Crippen LogP contribution in [0.5, 0.6) is 0 Å². The van der Waals surface area contributed by atoms with E-state index in [2.05, 4.69) is 32.2 Å². The van der Waals surface area contributed by atoms with Crippen LogP contribution < -0.4 is 0 Å². The van der Waals surface area contributed by atoms with Gasteiger partial charge in [-0.25, -0.2) is 0 Å². The summed E-state index contributed by atoms with van der Waals surface area (Å²) >= 11 is 0. The lowest BCUT2D eigenvalue weighted by Gasteiger charge is -2.13. The van der Waals surface area contributed by atoms with Gasteiger partial charge in [-0.3, -0.25) is 0 Å². The fourth-order valence-corrected chi connectivity index (χ4v) is 1.54. The second kappa shape index (κ2) is 8.05. The minimum atomic E-state index is 1.13. The van der Waals surface area contributed by atoms with E-state index in [4.69, 9.17) is 0 Å². The highest BCUT2D eigenvalue weighted by molar-refractivity contribution is 5.52. The Kier molecular flexibility index (Phi) is 7.35. The maximum Gasteiger partial charge on any atom is -0.0191 e. The van der Waals surface area contributed by atoms with Gasteiger partial charge in [0.05, 0.1) is 0 Å². The molecular formula is C15H22. The van der Waals surface area contributed by atoms with Crippen LogP contribution in [0.25, 0.3) is 0 Å². The molecule has 0 heterocycles. The predicted octanol–water partition coefficient (Wildman–Crippen LogP) is 4.98. The van der Waals surface area contributed by atoms with Crippen LogP contribution in [0, 0.1) is 0 Å². The summed E-state index contributed by atoms with van der Waals surface area (Å²) in [5.74, 6) is 0. The van der Waals surface area contributed by atoms with Crippen molar-refractivity contribution >= 4 is 0 Å². The van der Waals surface area contributed by atoms with Crippen molar-refractivity contribution in [1.82, 2.24) is 0 Å². The molecule has 0 saturated heterocycles. The van der Waals surface area contributed by atoms with Gasteiger partial charge in [0.15, 0.2) is 0 Å². The molecule has 15 heavy (non-hydrogen) atoms. The van der Waals surface area contributed by atoms with Crippen LogP contribution >= 0.6 is 0 Å². The highest BCUT2D eigenvalue weighted by Crippen LogP contribution is 2.25. The zero-order valence-electron chi connectivity index (χ0n) is 10.2. The quantitative estimate of drug-likeness (QED) is 0.566. The number of allylic oxidation sites excluding steroid dienone is 8. The Bertz CT molecular complexity index is 298. The van der Waals surface area contributed by atoms with Gasteiger partial charge in [-0.2, -0.15) is 0 Å². The molecule has 0 nitrogen and oxygen atoms in total. The fraction of sp³-hybridized carbons (Fsp3) is 0.333. The molecule has 1 rings (SSSR count). The van der Waals surface area contributed by atoms with E-state index in [1.54, 1.807) is 6.08 Å². The standard InChI is InChI=1S/C13H16.C2H6/c1-4-8-12(5-2)13-10-7-6-9-11(13)3;1-2/h4-5,8-10H,1-2,6-7H2,3H3;1-2H3/b12-8+;. The molecule has 0 heteroatoms. The smallest absolute Gasteiger partial charge is 0.0191 e. The van der Waals surface area contributed by atoms with E-state index in [-0.39, 0.29) is 0 Å². The van der Waals surface area contributed by atoms with Gasteiger partial charge in [-0.05, 0) is 36.5 Å². The highest BCUT2D eigenvalue weighted by Gasteiger charge is 2.06. The summed E-state index contributed by atoms with van der Waals surface area (Å²) in [5.41, 5.74) is 3.82. The van der Waals surface area contributed by atoms with Crippen LogP contribution in [0.1, 0.15) is 33.6 Å². The Balaban J connectivity index is 0.000000921. The third-order valence-corrected chi connectivity index (χ3v) is 2.22. The van der Waals surface area contributed by atoms with E-state index in [1.165, 1.54) is 16.7 Å². The van der Waals surface area contributed by atoms with E-state index in [0.717, 1.165) is 12.8 Å². The molecule has 0 aromatic heterocycles. The molecule has 0 amide bonds. The molecule has 0 saturated carbocycles. The molecule has 0 fully saturated rings. The average Bonchev–Trinajstić information content (AvgIpc) is 2.30. The summed E-state index contributed by atoms with van der Waals surface area (Å²) in [6.45, 7) is 13.6. The van der Waals surface area contributed by atoms with Gasteiger partial charge >= 0.3 is 0 Å². The molecule has 0 unspecified atom stereocenters. The lowest BCUT2D eigenvalue weighted by molar-refractivity contribution is 0.996. The molecule has 0 aromatic carbocycles. The van der Waals surface area contributed by atoms with E-state index in [1.807, 2.05) is 26.0 Å². The second-order valence-corrected chi connectivity index (χ2v) is 3.14. The third kappa shape index (κ3) is 4.16. The van der Waals surface area contributed by atoms with Crippen molar-refractivity contribution in [1.29, 1.82) is 0 Å². The van der Waals surface area contributed by atoms with Gasteiger partial charge in [0.1, 0.15) is 0 Å². The van der Waals surface area contributed by atoms with Crippen LogP contribution in [-0.2, 0) is 0 Å². The van der Waals surface area contributed by atoms with Gasteiger partial charge in [-0.15, -0.1) is 0 Å². The van der Waals surface area contributed by atoms with Crippen molar-refractivity contribution in [3.8, 4) is 0 Å². The van der Waals surface area contributed by atoms with Crippen LogP contribution in [0.15, 0.2) is 60.3 Å². The normalized spacial score (nSPS) is 15.5. The SMILES string of the molecule is C=C/C=C(\C=C)C1=CCCC=C1C.CC. The minimum Gasteiger partial charge on any atom is -0.0990 e. The molecule has 0 atom stereocenters. The van der Waals surface area contributed by atoms with Crippen LogP contribution in [0.3, 0.4) is 0 Å². The van der Waals surface area contributed by atoms with Gasteiger partial charge in [-0.1, -0.05) is 57.4 Å². The average molecular weight is 202 g/mol. The van der Waals surface area contributed by atoms with E-state index in [0.29, 0.717) is 0 Å². The molecule has 0 aliphatic heterocycles. The summed E-state index contributed by atoms with van der Waals surface area (Å²) in [6, 6.07) is 0. The predicted molar refractivity (Wildman–Crippen MR) is 70.9 cm³/mol. The summed E-state index contributed by atoms with van der Waals surface area (Å²) in [4.78, 5) is 0. The maximum atomic E-state index is 3.81. The Morgan fingerprint density at radius 3 is 2.27 bits per heavy atom. The molecule has 0 bridgehead atoms. The molecule has 0 N–H and O–H groups in total. The van der Waals surface area contributed by atoms with Gasteiger partial charge < -0.3 is 0 Å². The first kappa shape index (κ1) is 13.7. The summed E-state index contributed by atoms with van der Waals surface area (Å²) in [6.07, 6.45) is 12.5. The van der Waals surface area contributed by atoms with Crippen molar-refractivity contribution < 1.29 is 0 Å². The van der Waals surface area contributed by atoms with E-state index in [9.17, 15) is 0 Å². The molecular weight excluding hydrogens is 180 g/mol. The maximum absolute atomic E-state index is 3.81. The molecule has 82 valence electrons. The Morgan fingerprint density at radius 2 is 1.80 bits per heavy atom. The lowest BCUT2D eigenvalue weighted by atomic mass is 9.92. The molecule has 1 aliphatic carbocycles. The lowest BCUT2D eigenvalue weighted by Crippen LogP contribution is -1.93. The van der Waals surface area contributed by atoms with Gasteiger partial charge in [0, 0.05) is 0 Å². The monoisotopic (exact) mass is 202 g/mol. The van der Waals surface area contributed by atoms with Crippen LogP contribution in [0.2, 0.25) is 0 Å². The second-order valence-electron chi connectivity index (χ2n) is 3.14. The first-order valence-corrected chi connectivity index (χ1v) is 5.62. The van der Waals surface area contributed by atoms with E-state index < -0.39 is 0 Å². The first-order valence-electron chi connectivity index (χ1n) is 5.62. The zero-order valence-corrected chi connectivity index (χ0v) is 10.2. The van der Waals surface area contributed by atoms with Crippen molar-refractivity contribution in [2.45, 2.75) is 33.6 Å². The van der Waals surface area contributed by atoms with Crippen LogP contribution in [-0.4, -0.2) is 0 Å². The Hall–Kier alpha value is -1.30. The summed E-state index contributed by atoms with van der Waals surface area (Å²) < 4.78 is 0. The van der Waals surface area contributed by atoms with Crippen LogP contribution in [0.4, 0.5) is 0 Å². The van der Waals surface area contributed by atoms with Gasteiger partial charge in [0.2, 0.25) is 0 Å². The van der Waals surface area contributed by atoms with Crippen molar-refractivity contribution in [3.63, 3.8) is 0 Å². The first-order chi connectivity index (χ1) is 7.29. The zero-order chi connectivity index (χ0) is 11.7. The Morgan fingerprint density at radius 1 is 1.20 bits per heavy atom. The summed E-state index contributed by atoms with van der Waals surface area (Å²) in [5, 5.41) is 0. The number of hydrogen-bond acceptors (Lipinski definition) is 0. The minimum absolute atomic E-state index is 1.13. The number of hydrogen-bond donors (Lipinski definition) is 0. The largest absolute Gasteiger partial charge is 0.0990 e. The number of rotatable bonds is 3. The summed E-state index contributed by atoms with van der Waals surface area (Å²) in [7, 11) is 0. The molecule has 1 aliphatic rings. The highest BCUT2D eigenvalue weighted by atomic mass is 14.1. The fourth-order valence-electron chi connectivity index (χ4n) is 1.54. The Labute approximate surface area is 94.4 Å².